The molecule has 0 heterocycles. The van der Waals surface area contributed by atoms with E-state index in [9.17, 15) is 14.4 Å². The van der Waals surface area contributed by atoms with Crippen LogP contribution in [0.15, 0.2) is 97.2 Å². The molecule has 0 amide bonds. The number of ether oxygens (including phenoxy) is 3. The number of carbonyl (C=O) groups is 3. The SMILES string of the molecule is CC/C=C\C/C=C\C/C=C\C/C=C\CCCCCCCCCCCCCCCCCCC(=O)OCC(COC(=O)CCCCCCCCCCCCCC)OC(=O)CCCCCC/C=C\C/C=C\C/C=C\C/C=C\CC. The number of unbranched alkanes of at least 4 members (excludes halogenated alkanes) is 31. The number of hydrogen-bond acceptors (Lipinski definition) is 6. The largest absolute Gasteiger partial charge is 0.462 e. The van der Waals surface area contributed by atoms with Crippen LogP contribution in [0.5, 0.6) is 0 Å². The first-order valence-corrected chi connectivity index (χ1v) is 32.2. The number of rotatable bonds is 58. The highest BCUT2D eigenvalue weighted by Crippen LogP contribution is 2.17. The Balaban J connectivity index is 4.23. The van der Waals surface area contributed by atoms with Crippen molar-refractivity contribution < 1.29 is 28.6 Å². The summed E-state index contributed by atoms with van der Waals surface area (Å²) in [5.74, 6) is -0.896. The van der Waals surface area contributed by atoms with Gasteiger partial charge in [-0.3, -0.25) is 14.4 Å². The lowest BCUT2D eigenvalue weighted by Gasteiger charge is -2.18. The molecule has 0 fully saturated rings. The van der Waals surface area contributed by atoms with Gasteiger partial charge in [-0.05, 0) is 96.3 Å². The molecular formula is C70H120O6. The van der Waals surface area contributed by atoms with Crippen LogP contribution in [0, 0.1) is 0 Å². The van der Waals surface area contributed by atoms with Crippen molar-refractivity contribution in [1.82, 2.24) is 0 Å². The summed E-state index contributed by atoms with van der Waals surface area (Å²) < 4.78 is 16.9. The molecule has 0 saturated heterocycles. The third kappa shape index (κ3) is 61.2. The predicted molar refractivity (Wildman–Crippen MR) is 330 cm³/mol. The minimum Gasteiger partial charge on any atom is -0.462 e. The van der Waals surface area contributed by atoms with Gasteiger partial charge in [0.15, 0.2) is 6.10 Å². The average molecular weight is 1060 g/mol. The fourth-order valence-electron chi connectivity index (χ4n) is 9.07. The lowest BCUT2D eigenvalue weighted by atomic mass is 10.0. The Labute approximate surface area is 470 Å². The zero-order valence-electron chi connectivity index (χ0n) is 50.0. The van der Waals surface area contributed by atoms with Gasteiger partial charge in [0, 0.05) is 19.3 Å². The Morgan fingerprint density at radius 3 is 0.803 bits per heavy atom. The summed E-state index contributed by atoms with van der Waals surface area (Å²) in [6, 6.07) is 0. The Kier molecular flexibility index (Phi) is 60.8. The van der Waals surface area contributed by atoms with Crippen LogP contribution in [-0.4, -0.2) is 37.2 Å². The number of allylic oxidation sites excluding steroid dienone is 16. The monoisotopic (exact) mass is 1060 g/mol. The molecule has 0 aromatic heterocycles. The minimum absolute atomic E-state index is 0.0837. The Bertz CT molecular complexity index is 1490. The van der Waals surface area contributed by atoms with Crippen molar-refractivity contribution >= 4 is 17.9 Å². The van der Waals surface area contributed by atoms with Gasteiger partial charge in [0.2, 0.25) is 0 Å². The summed E-state index contributed by atoms with van der Waals surface area (Å²) >= 11 is 0. The van der Waals surface area contributed by atoms with Crippen molar-refractivity contribution in [2.45, 2.75) is 316 Å². The van der Waals surface area contributed by atoms with Gasteiger partial charge in [0.1, 0.15) is 13.2 Å². The van der Waals surface area contributed by atoms with Gasteiger partial charge in [-0.1, -0.05) is 291 Å². The number of esters is 3. The van der Waals surface area contributed by atoms with Gasteiger partial charge < -0.3 is 14.2 Å². The maximum atomic E-state index is 12.9. The highest BCUT2D eigenvalue weighted by molar-refractivity contribution is 5.71. The molecule has 0 radical (unpaired) electrons. The van der Waals surface area contributed by atoms with Crippen LogP contribution in [0.1, 0.15) is 310 Å². The van der Waals surface area contributed by atoms with Crippen LogP contribution in [0.4, 0.5) is 0 Å². The highest BCUT2D eigenvalue weighted by atomic mass is 16.6. The Hall–Kier alpha value is -3.67. The van der Waals surface area contributed by atoms with Gasteiger partial charge in [-0.15, -0.1) is 0 Å². The molecule has 0 aliphatic carbocycles. The topological polar surface area (TPSA) is 78.9 Å². The van der Waals surface area contributed by atoms with Gasteiger partial charge in [0.05, 0.1) is 0 Å². The van der Waals surface area contributed by atoms with Gasteiger partial charge >= 0.3 is 17.9 Å². The summed E-state index contributed by atoms with van der Waals surface area (Å²) in [6.07, 6.45) is 85.7. The van der Waals surface area contributed by atoms with Gasteiger partial charge in [0.25, 0.3) is 0 Å². The molecule has 0 aliphatic rings. The van der Waals surface area contributed by atoms with E-state index in [0.29, 0.717) is 19.3 Å². The van der Waals surface area contributed by atoms with Crippen molar-refractivity contribution in [1.29, 1.82) is 0 Å². The van der Waals surface area contributed by atoms with E-state index in [1.807, 2.05) is 0 Å². The summed E-state index contributed by atoms with van der Waals surface area (Å²) in [6.45, 7) is 6.42. The maximum absolute atomic E-state index is 12.9. The van der Waals surface area contributed by atoms with Crippen LogP contribution in [0.25, 0.3) is 0 Å². The van der Waals surface area contributed by atoms with E-state index >= 15 is 0 Å². The molecule has 0 aromatic rings. The van der Waals surface area contributed by atoms with Crippen LogP contribution >= 0.6 is 0 Å². The number of hydrogen-bond donors (Lipinski definition) is 0. The molecule has 0 aliphatic heterocycles. The second-order valence-corrected chi connectivity index (χ2v) is 21.3. The molecule has 0 saturated carbocycles. The summed E-state index contributed by atoms with van der Waals surface area (Å²) in [7, 11) is 0. The van der Waals surface area contributed by atoms with Crippen LogP contribution < -0.4 is 0 Å². The lowest BCUT2D eigenvalue weighted by Crippen LogP contribution is -2.30. The average Bonchev–Trinajstić information content (AvgIpc) is 3.42. The first-order valence-electron chi connectivity index (χ1n) is 32.2. The molecule has 0 aromatic carbocycles. The molecule has 1 unspecified atom stereocenters. The zero-order chi connectivity index (χ0) is 55.0. The van der Waals surface area contributed by atoms with E-state index < -0.39 is 6.10 Å². The van der Waals surface area contributed by atoms with E-state index in [-0.39, 0.29) is 31.1 Å². The molecule has 6 heteroatoms. The van der Waals surface area contributed by atoms with E-state index in [0.717, 1.165) is 122 Å². The highest BCUT2D eigenvalue weighted by Gasteiger charge is 2.19. The normalized spacial score (nSPS) is 12.7. The molecule has 436 valence electrons. The second-order valence-electron chi connectivity index (χ2n) is 21.3. The summed E-state index contributed by atoms with van der Waals surface area (Å²) in [5, 5.41) is 0. The van der Waals surface area contributed by atoms with Crippen molar-refractivity contribution in [3.63, 3.8) is 0 Å². The first kappa shape index (κ1) is 72.3. The fraction of sp³-hybridized carbons (Fsp3) is 0.729. The maximum Gasteiger partial charge on any atom is 0.306 e. The van der Waals surface area contributed by atoms with Gasteiger partial charge in [-0.25, -0.2) is 0 Å². The molecule has 0 bridgehead atoms. The zero-order valence-corrected chi connectivity index (χ0v) is 50.0. The van der Waals surface area contributed by atoms with Crippen LogP contribution in [0.2, 0.25) is 0 Å². The van der Waals surface area contributed by atoms with Gasteiger partial charge in [-0.2, -0.15) is 0 Å². The Morgan fingerprint density at radius 1 is 0.276 bits per heavy atom. The van der Waals surface area contributed by atoms with Crippen molar-refractivity contribution in [3.05, 3.63) is 97.2 Å². The van der Waals surface area contributed by atoms with E-state index in [2.05, 4.69) is 118 Å². The van der Waals surface area contributed by atoms with Crippen LogP contribution in [-0.2, 0) is 28.6 Å². The van der Waals surface area contributed by atoms with Crippen molar-refractivity contribution in [2.75, 3.05) is 13.2 Å². The van der Waals surface area contributed by atoms with Crippen molar-refractivity contribution in [3.8, 4) is 0 Å². The second kappa shape index (κ2) is 63.9. The summed E-state index contributed by atoms with van der Waals surface area (Å²) in [4.78, 5) is 38.3. The molecule has 0 N–H and O–H groups in total. The molecular weight excluding hydrogens is 937 g/mol. The van der Waals surface area contributed by atoms with Crippen LogP contribution in [0.3, 0.4) is 0 Å². The van der Waals surface area contributed by atoms with E-state index in [1.54, 1.807) is 0 Å². The molecule has 1 atom stereocenters. The standard InChI is InChI=1S/C70H120O6/c1-4-7-10-13-16-19-22-25-27-29-30-31-32-33-34-35-36-37-38-39-40-42-43-45-48-51-54-57-60-63-69(72)75-66-67(65-74-68(71)62-59-56-53-50-47-24-21-18-15-12-9-6-3)76-70(73)64-61-58-55-52-49-46-44-41-28-26-23-20-17-14-11-8-5-2/h7-8,10-11,16-17,19-20,25-28,30-31,44,46,67H,4-6,9,12-15,18,21-24,29,32-43,45,47-66H2,1-3H3/b10-7-,11-8-,19-16-,20-17-,27-25-,28-26-,31-30-,46-44-. The minimum atomic E-state index is -0.789. The quantitative estimate of drug-likeness (QED) is 0.0261. The third-order valence-corrected chi connectivity index (χ3v) is 13.8. The van der Waals surface area contributed by atoms with E-state index in [4.69, 9.17) is 14.2 Å². The van der Waals surface area contributed by atoms with E-state index in [1.165, 1.54) is 148 Å². The third-order valence-electron chi connectivity index (χ3n) is 13.8. The predicted octanol–water partition coefficient (Wildman–Crippen LogP) is 22.0. The molecule has 76 heavy (non-hydrogen) atoms. The summed E-state index contributed by atoms with van der Waals surface area (Å²) in [5.41, 5.74) is 0. The fourth-order valence-corrected chi connectivity index (χ4v) is 9.07. The lowest BCUT2D eigenvalue weighted by molar-refractivity contribution is -0.167. The molecule has 0 rings (SSSR count). The smallest absolute Gasteiger partial charge is 0.306 e. The Morgan fingerprint density at radius 2 is 0.513 bits per heavy atom. The molecule has 0 spiro atoms. The molecule has 6 nitrogen and oxygen atoms in total. The number of carbonyl (C=O) groups excluding carboxylic acids is 3. The van der Waals surface area contributed by atoms with Crippen molar-refractivity contribution in [2.24, 2.45) is 0 Å². The first-order chi connectivity index (χ1) is 37.5.